The van der Waals surface area contributed by atoms with E-state index in [2.05, 4.69) is 5.32 Å². The quantitative estimate of drug-likeness (QED) is 0.792. The van der Waals surface area contributed by atoms with Crippen LogP contribution in [0.4, 0.5) is 0 Å². The zero-order valence-corrected chi connectivity index (χ0v) is 9.65. The van der Waals surface area contributed by atoms with E-state index in [0.29, 0.717) is 17.9 Å². The van der Waals surface area contributed by atoms with Gasteiger partial charge in [0.25, 0.3) is 0 Å². The molecule has 0 aromatic heterocycles. The average Bonchev–Trinajstić information content (AvgIpc) is 2.65. The third kappa shape index (κ3) is 2.42. The molecule has 88 valence electrons. The lowest BCUT2D eigenvalue weighted by Gasteiger charge is -2.14. The Morgan fingerprint density at radius 1 is 1.31 bits per heavy atom. The average molecular weight is 241 g/mol. The van der Waals surface area contributed by atoms with E-state index in [0.717, 1.165) is 0 Å². The molecule has 0 saturated carbocycles. The molecule has 1 fully saturated rings. The maximum atomic E-state index is 12.0. The summed E-state index contributed by atoms with van der Waals surface area (Å²) < 4.78 is 24.0. The van der Waals surface area contributed by atoms with E-state index < -0.39 is 15.9 Å². The minimum absolute atomic E-state index is 0.0435. The van der Waals surface area contributed by atoms with Gasteiger partial charge in [-0.3, -0.25) is 0 Å². The fourth-order valence-corrected chi connectivity index (χ4v) is 3.46. The molecule has 0 amide bonds. The third-order valence-electron chi connectivity index (χ3n) is 2.81. The first-order valence-electron chi connectivity index (χ1n) is 5.29. The van der Waals surface area contributed by atoms with Gasteiger partial charge in [-0.2, -0.15) is 0 Å². The topological polar surface area (TPSA) is 66.4 Å². The summed E-state index contributed by atoms with van der Waals surface area (Å²) in [6.45, 7) is 0.677. The highest BCUT2D eigenvalue weighted by molar-refractivity contribution is 7.91. The van der Waals surface area contributed by atoms with Gasteiger partial charge in [-0.05, 0) is 25.1 Å². The zero-order valence-electron chi connectivity index (χ0n) is 8.83. The van der Waals surface area contributed by atoms with Crippen LogP contribution in [-0.2, 0) is 9.84 Å². The van der Waals surface area contributed by atoms with Crippen LogP contribution in [0.1, 0.15) is 6.42 Å². The molecule has 2 N–H and O–H groups in total. The Morgan fingerprint density at radius 2 is 2.00 bits per heavy atom. The van der Waals surface area contributed by atoms with Crippen LogP contribution in [0.5, 0.6) is 0 Å². The van der Waals surface area contributed by atoms with Gasteiger partial charge in [-0.1, -0.05) is 18.2 Å². The Bertz CT molecular complexity index is 444. The van der Waals surface area contributed by atoms with Gasteiger partial charge in [-0.25, -0.2) is 8.42 Å². The summed E-state index contributed by atoms with van der Waals surface area (Å²) in [6.07, 6.45) is 0.0631. The lowest BCUT2D eigenvalue weighted by Crippen LogP contribution is -2.37. The smallest absolute Gasteiger partial charge is 0.180 e. The number of benzene rings is 1. The molecular formula is C11H15NO3S. The molecule has 0 aliphatic carbocycles. The standard InChI is InChI=1S/C11H15NO3S/c13-11-6-7-12-10(11)8-16(14,15)9-4-2-1-3-5-9/h1-5,10-13H,6-8H2/t10-,11+/m1/s1. The van der Waals surface area contributed by atoms with Gasteiger partial charge in [0.1, 0.15) is 0 Å². The van der Waals surface area contributed by atoms with Gasteiger partial charge in [0, 0.05) is 6.04 Å². The largest absolute Gasteiger partial charge is 0.391 e. The van der Waals surface area contributed by atoms with Crippen molar-refractivity contribution in [2.75, 3.05) is 12.3 Å². The van der Waals surface area contributed by atoms with Crippen LogP contribution in [0.3, 0.4) is 0 Å². The number of hydrogen-bond acceptors (Lipinski definition) is 4. The third-order valence-corrected chi connectivity index (χ3v) is 4.60. The Balaban J connectivity index is 2.15. The number of sulfone groups is 1. The molecule has 0 unspecified atom stereocenters. The molecule has 1 aromatic carbocycles. The van der Waals surface area contributed by atoms with Crippen molar-refractivity contribution in [2.24, 2.45) is 0 Å². The van der Waals surface area contributed by atoms with E-state index >= 15 is 0 Å². The zero-order chi connectivity index (χ0) is 11.6. The van der Waals surface area contributed by atoms with Crippen molar-refractivity contribution in [3.8, 4) is 0 Å². The summed E-state index contributed by atoms with van der Waals surface area (Å²) in [7, 11) is -3.30. The normalized spacial score (nSPS) is 25.8. The molecule has 0 radical (unpaired) electrons. The van der Waals surface area contributed by atoms with Crippen molar-refractivity contribution in [3.63, 3.8) is 0 Å². The predicted octanol–water partition coefficient (Wildman–Crippen LogP) is 0.183. The molecule has 1 aromatic rings. The molecule has 1 heterocycles. The molecule has 2 rings (SSSR count). The number of aliphatic hydroxyl groups excluding tert-OH is 1. The van der Waals surface area contributed by atoms with Gasteiger partial charge >= 0.3 is 0 Å². The minimum Gasteiger partial charge on any atom is -0.391 e. The van der Waals surface area contributed by atoms with Crippen molar-refractivity contribution in [2.45, 2.75) is 23.5 Å². The SMILES string of the molecule is O=S(=O)(C[C@H]1NCC[C@@H]1O)c1ccccc1. The molecule has 0 bridgehead atoms. The highest BCUT2D eigenvalue weighted by Gasteiger charge is 2.30. The summed E-state index contributed by atoms with van der Waals surface area (Å²) in [5.74, 6) is -0.0435. The lowest BCUT2D eigenvalue weighted by molar-refractivity contribution is 0.167. The Kier molecular flexibility index (Phi) is 3.28. The first-order chi connectivity index (χ1) is 7.59. The second-order valence-electron chi connectivity index (χ2n) is 4.01. The predicted molar refractivity (Wildman–Crippen MR) is 60.9 cm³/mol. The Hall–Kier alpha value is -0.910. The summed E-state index contributed by atoms with van der Waals surface area (Å²) in [5.41, 5.74) is 0. The fourth-order valence-electron chi connectivity index (χ4n) is 1.88. The Morgan fingerprint density at radius 3 is 2.56 bits per heavy atom. The van der Waals surface area contributed by atoms with Crippen molar-refractivity contribution >= 4 is 9.84 Å². The van der Waals surface area contributed by atoms with Gasteiger partial charge in [0.2, 0.25) is 0 Å². The molecule has 16 heavy (non-hydrogen) atoms. The number of nitrogens with one attached hydrogen (secondary N) is 1. The van der Waals surface area contributed by atoms with E-state index in [4.69, 9.17) is 0 Å². The molecule has 4 nitrogen and oxygen atoms in total. The van der Waals surface area contributed by atoms with Gasteiger partial charge in [0.15, 0.2) is 9.84 Å². The maximum Gasteiger partial charge on any atom is 0.180 e. The van der Waals surface area contributed by atoms with Crippen LogP contribution in [0.25, 0.3) is 0 Å². The van der Waals surface area contributed by atoms with E-state index in [9.17, 15) is 13.5 Å². The van der Waals surface area contributed by atoms with Crippen LogP contribution in [0.15, 0.2) is 35.2 Å². The van der Waals surface area contributed by atoms with Crippen LogP contribution in [0, 0.1) is 0 Å². The Labute approximate surface area is 95.2 Å². The summed E-state index contributed by atoms with van der Waals surface area (Å²) in [5, 5.41) is 12.6. The van der Waals surface area contributed by atoms with Crippen molar-refractivity contribution in [1.29, 1.82) is 0 Å². The number of aliphatic hydroxyl groups is 1. The first kappa shape index (κ1) is 11.6. The minimum atomic E-state index is -3.30. The number of hydrogen-bond donors (Lipinski definition) is 2. The highest BCUT2D eigenvalue weighted by Crippen LogP contribution is 2.15. The molecule has 1 aliphatic rings. The molecule has 2 atom stereocenters. The van der Waals surface area contributed by atoms with Crippen molar-refractivity contribution < 1.29 is 13.5 Å². The van der Waals surface area contributed by atoms with Crippen LogP contribution in [0.2, 0.25) is 0 Å². The van der Waals surface area contributed by atoms with Gasteiger partial charge in [0.05, 0.1) is 16.8 Å². The summed E-state index contributed by atoms with van der Waals surface area (Å²) >= 11 is 0. The van der Waals surface area contributed by atoms with Crippen LogP contribution in [-0.4, -0.2) is 38.0 Å². The molecule has 1 aliphatic heterocycles. The number of rotatable bonds is 3. The van der Waals surface area contributed by atoms with E-state index in [1.807, 2.05) is 0 Å². The maximum absolute atomic E-state index is 12.0. The first-order valence-corrected chi connectivity index (χ1v) is 6.94. The van der Waals surface area contributed by atoms with Crippen LogP contribution < -0.4 is 5.32 Å². The van der Waals surface area contributed by atoms with E-state index in [-0.39, 0.29) is 11.8 Å². The molecule has 5 heteroatoms. The molecular weight excluding hydrogens is 226 g/mol. The second kappa shape index (κ2) is 4.53. The second-order valence-corrected chi connectivity index (χ2v) is 6.05. The summed E-state index contributed by atoms with van der Waals surface area (Å²) in [4.78, 5) is 0.316. The van der Waals surface area contributed by atoms with E-state index in [1.165, 1.54) is 0 Å². The molecule has 0 spiro atoms. The van der Waals surface area contributed by atoms with E-state index in [1.54, 1.807) is 30.3 Å². The fraction of sp³-hybridized carbons (Fsp3) is 0.455. The van der Waals surface area contributed by atoms with Crippen molar-refractivity contribution in [1.82, 2.24) is 5.32 Å². The lowest BCUT2D eigenvalue weighted by atomic mass is 10.2. The van der Waals surface area contributed by atoms with Crippen molar-refractivity contribution in [3.05, 3.63) is 30.3 Å². The summed E-state index contributed by atoms with van der Waals surface area (Å²) in [6, 6.07) is 8.00. The van der Waals surface area contributed by atoms with Gasteiger partial charge < -0.3 is 10.4 Å². The molecule has 1 saturated heterocycles. The van der Waals surface area contributed by atoms with Gasteiger partial charge in [-0.15, -0.1) is 0 Å². The highest BCUT2D eigenvalue weighted by atomic mass is 32.2. The van der Waals surface area contributed by atoms with Crippen LogP contribution >= 0.6 is 0 Å². The monoisotopic (exact) mass is 241 g/mol.